The molecule has 1 unspecified atom stereocenters. The average Bonchev–Trinajstić information content (AvgIpc) is 3.33. The van der Waals surface area contributed by atoms with Crippen molar-refractivity contribution in [2.24, 2.45) is 7.05 Å². The second kappa shape index (κ2) is 6.99. The van der Waals surface area contributed by atoms with Gasteiger partial charge in [-0.1, -0.05) is 6.07 Å². The first-order valence-electron chi connectivity index (χ1n) is 8.71. The Morgan fingerprint density at radius 3 is 2.96 bits per heavy atom. The Morgan fingerprint density at radius 2 is 2.19 bits per heavy atom. The van der Waals surface area contributed by atoms with Crippen LogP contribution in [0, 0.1) is 0 Å². The quantitative estimate of drug-likeness (QED) is 0.759. The van der Waals surface area contributed by atoms with Gasteiger partial charge in [-0.2, -0.15) is 10.2 Å². The number of nitrogens with zero attached hydrogens (tertiary/aromatic N) is 5. The van der Waals surface area contributed by atoms with Gasteiger partial charge in [0.15, 0.2) is 0 Å². The van der Waals surface area contributed by atoms with Crippen LogP contribution in [0.5, 0.6) is 0 Å². The van der Waals surface area contributed by atoms with Gasteiger partial charge in [-0.05, 0) is 31.0 Å². The zero-order chi connectivity index (χ0) is 17.9. The number of anilines is 1. The average molecular weight is 351 g/mol. The van der Waals surface area contributed by atoms with Gasteiger partial charge in [-0.3, -0.25) is 20.1 Å². The number of rotatable bonds is 3. The fraction of sp³-hybridized carbons (Fsp3) is 0.333. The van der Waals surface area contributed by atoms with Crippen LogP contribution in [0.2, 0.25) is 0 Å². The highest BCUT2D eigenvalue weighted by molar-refractivity contribution is 5.89. The Hall–Kier alpha value is -3.16. The van der Waals surface area contributed by atoms with Crippen LogP contribution in [0.1, 0.15) is 24.5 Å². The number of urea groups is 1. The van der Waals surface area contributed by atoms with Crippen molar-refractivity contribution in [3.05, 3.63) is 48.4 Å². The number of carbonyl (C=O) groups excluding carboxylic acids is 1. The highest BCUT2D eigenvalue weighted by Gasteiger charge is 2.26. The van der Waals surface area contributed by atoms with Crippen molar-refractivity contribution in [3.63, 3.8) is 0 Å². The molecule has 0 radical (unpaired) electrons. The monoisotopic (exact) mass is 351 g/mol. The molecular weight excluding hydrogens is 330 g/mol. The fourth-order valence-corrected chi connectivity index (χ4v) is 3.32. The van der Waals surface area contributed by atoms with E-state index in [1.54, 1.807) is 17.1 Å². The standard InChI is InChI=1S/C18H21N7O/c1-24-17(11-16(23-24)15-6-2-3-8-19-15)21-18(26)25-10-4-5-13(12-25)14-7-9-20-22-14/h2-3,6-9,11,13H,4-5,10,12H2,1H3,(H,20,22)(H,21,26). The molecule has 0 aromatic carbocycles. The summed E-state index contributed by atoms with van der Waals surface area (Å²) in [6.07, 6.45) is 5.51. The molecule has 8 heteroatoms. The Kier molecular flexibility index (Phi) is 4.39. The van der Waals surface area contributed by atoms with Crippen LogP contribution in [-0.2, 0) is 7.05 Å². The van der Waals surface area contributed by atoms with Crippen molar-refractivity contribution in [1.82, 2.24) is 29.9 Å². The summed E-state index contributed by atoms with van der Waals surface area (Å²) in [6, 6.07) is 9.39. The second-order valence-electron chi connectivity index (χ2n) is 6.48. The van der Waals surface area contributed by atoms with Gasteiger partial charge in [0.05, 0.1) is 5.69 Å². The molecule has 3 aromatic heterocycles. The number of amides is 2. The topological polar surface area (TPSA) is 91.7 Å². The number of pyridine rings is 1. The van der Waals surface area contributed by atoms with E-state index in [-0.39, 0.29) is 6.03 Å². The predicted octanol–water partition coefficient (Wildman–Crippen LogP) is 2.62. The molecule has 0 spiro atoms. The van der Waals surface area contributed by atoms with E-state index in [1.165, 1.54) is 0 Å². The number of piperidine rings is 1. The summed E-state index contributed by atoms with van der Waals surface area (Å²) in [7, 11) is 1.81. The van der Waals surface area contributed by atoms with E-state index in [1.807, 2.05) is 42.3 Å². The molecule has 1 aliphatic rings. The van der Waals surface area contributed by atoms with Crippen LogP contribution in [0.3, 0.4) is 0 Å². The lowest BCUT2D eigenvalue weighted by Gasteiger charge is -2.32. The summed E-state index contributed by atoms with van der Waals surface area (Å²) < 4.78 is 1.66. The minimum Gasteiger partial charge on any atom is -0.324 e. The first-order chi connectivity index (χ1) is 12.7. The van der Waals surface area contributed by atoms with Crippen LogP contribution >= 0.6 is 0 Å². The predicted molar refractivity (Wildman–Crippen MR) is 97.6 cm³/mol. The highest BCUT2D eigenvalue weighted by Crippen LogP contribution is 2.26. The molecule has 0 saturated carbocycles. The Morgan fingerprint density at radius 1 is 1.27 bits per heavy atom. The molecule has 1 aliphatic heterocycles. The van der Waals surface area contributed by atoms with Crippen molar-refractivity contribution < 1.29 is 4.79 Å². The molecular formula is C18H21N7O. The molecule has 134 valence electrons. The van der Waals surface area contributed by atoms with E-state index in [0.29, 0.717) is 18.3 Å². The SMILES string of the molecule is Cn1nc(-c2ccccn2)cc1NC(=O)N1CCCC(c2ccn[nH]2)C1. The lowest BCUT2D eigenvalue weighted by atomic mass is 9.95. The molecule has 2 amide bonds. The number of carbonyl (C=O) groups is 1. The smallest absolute Gasteiger partial charge is 0.323 e. The molecule has 0 aliphatic carbocycles. The van der Waals surface area contributed by atoms with Crippen molar-refractivity contribution >= 4 is 11.8 Å². The second-order valence-corrected chi connectivity index (χ2v) is 6.48. The van der Waals surface area contributed by atoms with Crippen molar-refractivity contribution in [1.29, 1.82) is 0 Å². The van der Waals surface area contributed by atoms with Crippen molar-refractivity contribution in [3.8, 4) is 11.4 Å². The van der Waals surface area contributed by atoms with Gasteiger partial charge in [0.2, 0.25) is 0 Å². The van der Waals surface area contributed by atoms with Gasteiger partial charge in [0, 0.05) is 50.2 Å². The highest BCUT2D eigenvalue weighted by atomic mass is 16.2. The van der Waals surface area contributed by atoms with Crippen LogP contribution in [0.15, 0.2) is 42.7 Å². The maximum Gasteiger partial charge on any atom is 0.323 e. The minimum absolute atomic E-state index is 0.107. The molecule has 4 rings (SSSR count). The fourth-order valence-electron chi connectivity index (χ4n) is 3.32. The zero-order valence-electron chi connectivity index (χ0n) is 14.6. The minimum atomic E-state index is -0.107. The van der Waals surface area contributed by atoms with Gasteiger partial charge >= 0.3 is 6.03 Å². The number of likely N-dealkylation sites (tertiary alicyclic amines) is 1. The Bertz CT molecular complexity index is 872. The van der Waals surface area contributed by atoms with Gasteiger partial charge < -0.3 is 4.90 Å². The summed E-state index contributed by atoms with van der Waals surface area (Å²) in [5.74, 6) is 0.951. The third kappa shape index (κ3) is 3.30. The number of hydrogen-bond acceptors (Lipinski definition) is 4. The molecule has 1 saturated heterocycles. The zero-order valence-corrected chi connectivity index (χ0v) is 14.6. The number of nitrogens with one attached hydrogen (secondary N) is 2. The third-order valence-corrected chi connectivity index (χ3v) is 4.71. The van der Waals surface area contributed by atoms with Gasteiger partial charge in [0.1, 0.15) is 11.5 Å². The largest absolute Gasteiger partial charge is 0.324 e. The van der Waals surface area contributed by atoms with Crippen molar-refractivity contribution in [2.45, 2.75) is 18.8 Å². The Labute approximate surface area is 151 Å². The van der Waals surface area contributed by atoms with E-state index in [0.717, 1.165) is 36.5 Å². The number of aromatic amines is 1. The third-order valence-electron chi connectivity index (χ3n) is 4.71. The lowest BCUT2D eigenvalue weighted by Crippen LogP contribution is -2.42. The normalized spacial score (nSPS) is 17.3. The lowest BCUT2D eigenvalue weighted by molar-refractivity contribution is 0.192. The van der Waals surface area contributed by atoms with Crippen LogP contribution in [0.25, 0.3) is 11.4 Å². The van der Waals surface area contributed by atoms with Crippen molar-refractivity contribution in [2.75, 3.05) is 18.4 Å². The molecule has 1 fully saturated rings. The number of hydrogen-bond donors (Lipinski definition) is 2. The summed E-state index contributed by atoms with van der Waals surface area (Å²) in [5, 5.41) is 14.4. The Balaban J connectivity index is 1.45. The van der Waals surface area contributed by atoms with E-state index >= 15 is 0 Å². The molecule has 26 heavy (non-hydrogen) atoms. The molecule has 2 N–H and O–H groups in total. The first kappa shape index (κ1) is 16.3. The van der Waals surface area contributed by atoms with Gasteiger partial charge in [-0.25, -0.2) is 4.79 Å². The van der Waals surface area contributed by atoms with Crippen LogP contribution in [0.4, 0.5) is 10.6 Å². The maximum atomic E-state index is 12.7. The summed E-state index contributed by atoms with van der Waals surface area (Å²) in [5.41, 5.74) is 2.60. The van der Waals surface area contributed by atoms with E-state index < -0.39 is 0 Å². The number of H-pyrrole nitrogens is 1. The molecule has 1 atom stereocenters. The van der Waals surface area contributed by atoms with Gasteiger partial charge in [-0.15, -0.1) is 0 Å². The summed E-state index contributed by atoms with van der Waals surface area (Å²) in [4.78, 5) is 18.9. The first-order valence-corrected chi connectivity index (χ1v) is 8.71. The molecule has 3 aromatic rings. The number of aromatic nitrogens is 5. The molecule has 4 heterocycles. The molecule has 0 bridgehead atoms. The van der Waals surface area contributed by atoms with Crippen LogP contribution in [-0.4, -0.2) is 49.0 Å². The molecule has 8 nitrogen and oxygen atoms in total. The van der Waals surface area contributed by atoms with Crippen LogP contribution < -0.4 is 5.32 Å². The van der Waals surface area contributed by atoms with E-state index in [9.17, 15) is 4.79 Å². The summed E-state index contributed by atoms with van der Waals surface area (Å²) in [6.45, 7) is 1.43. The number of aryl methyl sites for hydroxylation is 1. The van der Waals surface area contributed by atoms with E-state index in [2.05, 4.69) is 25.6 Å². The maximum absolute atomic E-state index is 12.7. The van der Waals surface area contributed by atoms with Gasteiger partial charge in [0.25, 0.3) is 0 Å². The van der Waals surface area contributed by atoms with E-state index in [4.69, 9.17) is 0 Å². The summed E-state index contributed by atoms with van der Waals surface area (Å²) >= 11 is 0.